The van der Waals surface area contributed by atoms with E-state index in [-0.39, 0.29) is 5.92 Å². The van der Waals surface area contributed by atoms with Crippen molar-refractivity contribution in [1.82, 2.24) is 9.80 Å². The molecule has 5 heteroatoms. The number of nitrogens with zero attached hydrogens (tertiary/aromatic N) is 3. The van der Waals surface area contributed by atoms with Gasteiger partial charge in [0.15, 0.2) is 0 Å². The van der Waals surface area contributed by atoms with E-state index in [4.69, 9.17) is 4.74 Å². The highest BCUT2D eigenvalue weighted by Gasteiger charge is 2.31. The summed E-state index contributed by atoms with van der Waals surface area (Å²) < 4.78 is 5.24. The molecule has 2 aromatic carbocycles. The summed E-state index contributed by atoms with van der Waals surface area (Å²) in [7, 11) is 1.69. The fourth-order valence-corrected chi connectivity index (χ4v) is 4.48. The van der Waals surface area contributed by atoms with Gasteiger partial charge in [0.2, 0.25) is 5.91 Å². The Morgan fingerprint density at radius 2 is 1.69 bits per heavy atom. The van der Waals surface area contributed by atoms with Gasteiger partial charge in [-0.3, -0.25) is 9.69 Å². The van der Waals surface area contributed by atoms with Crippen LogP contribution in [0, 0.1) is 5.92 Å². The maximum Gasteiger partial charge on any atom is 0.227 e. The predicted octanol–water partition coefficient (Wildman–Crippen LogP) is 3.26. The zero-order valence-corrected chi connectivity index (χ0v) is 17.3. The second kappa shape index (κ2) is 9.31. The lowest BCUT2D eigenvalue weighted by Crippen LogP contribution is -2.52. The van der Waals surface area contributed by atoms with Crippen molar-refractivity contribution in [2.45, 2.75) is 19.4 Å². The fraction of sp³-hybridized carbons (Fsp3) is 0.458. The van der Waals surface area contributed by atoms with Crippen LogP contribution < -0.4 is 9.64 Å². The van der Waals surface area contributed by atoms with E-state index in [9.17, 15) is 4.79 Å². The van der Waals surface area contributed by atoms with Crippen molar-refractivity contribution < 1.29 is 9.53 Å². The highest BCUT2D eigenvalue weighted by Crippen LogP contribution is 2.24. The Bertz CT molecular complexity index is 786. The molecule has 154 valence electrons. The van der Waals surface area contributed by atoms with E-state index in [0.29, 0.717) is 5.91 Å². The summed E-state index contributed by atoms with van der Waals surface area (Å²) in [5.74, 6) is 1.36. The first kappa shape index (κ1) is 19.8. The van der Waals surface area contributed by atoms with E-state index in [1.165, 1.54) is 11.3 Å². The molecular weight excluding hydrogens is 362 g/mol. The number of rotatable bonds is 5. The second-order valence-electron chi connectivity index (χ2n) is 8.07. The molecule has 1 amide bonds. The van der Waals surface area contributed by atoms with E-state index in [1.54, 1.807) is 7.11 Å². The van der Waals surface area contributed by atoms with E-state index in [2.05, 4.69) is 57.2 Å². The number of benzene rings is 2. The first-order valence-corrected chi connectivity index (χ1v) is 10.7. The molecule has 2 aromatic rings. The smallest absolute Gasteiger partial charge is 0.227 e. The Balaban J connectivity index is 1.29. The zero-order valence-electron chi connectivity index (χ0n) is 17.3. The van der Waals surface area contributed by atoms with Crippen LogP contribution in [0.25, 0.3) is 0 Å². The van der Waals surface area contributed by atoms with Gasteiger partial charge in [-0.1, -0.05) is 30.3 Å². The largest absolute Gasteiger partial charge is 0.497 e. The molecule has 5 nitrogen and oxygen atoms in total. The minimum absolute atomic E-state index is 0.139. The number of amides is 1. The number of carbonyl (C=O) groups is 1. The van der Waals surface area contributed by atoms with Crippen LogP contribution in [0.3, 0.4) is 0 Å². The van der Waals surface area contributed by atoms with Gasteiger partial charge >= 0.3 is 0 Å². The molecule has 0 aromatic heterocycles. The number of piperazine rings is 1. The number of piperidine rings is 1. The molecule has 29 heavy (non-hydrogen) atoms. The van der Waals surface area contributed by atoms with Crippen molar-refractivity contribution in [3.8, 4) is 5.75 Å². The fourth-order valence-electron chi connectivity index (χ4n) is 4.48. The van der Waals surface area contributed by atoms with Crippen LogP contribution in [0.5, 0.6) is 5.75 Å². The van der Waals surface area contributed by atoms with E-state index >= 15 is 0 Å². The first-order valence-electron chi connectivity index (χ1n) is 10.7. The highest BCUT2D eigenvalue weighted by atomic mass is 16.5. The summed E-state index contributed by atoms with van der Waals surface area (Å²) in [6.07, 6.45) is 2.12. The number of carbonyl (C=O) groups excluding carboxylic acids is 1. The molecular formula is C24H31N3O2. The Hall–Kier alpha value is -2.53. The maximum atomic E-state index is 13.1. The van der Waals surface area contributed by atoms with Gasteiger partial charge in [0.1, 0.15) is 5.75 Å². The van der Waals surface area contributed by atoms with Crippen LogP contribution in [0.15, 0.2) is 54.6 Å². The molecule has 0 N–H and O–H groups in total. The molecule has 2 heterocycles. The predicted molar refractivity (Wildman–Crippen MR) is 116 cm³/mol. The lowest BCUT2D eigenvalue weighted by atomic mass is 9.95. The Labute approximate surface area is 173 Å². The van der Waals surface area contributed by atoms with Crippen molar-refractivity contribution in [3.05, 3.63) is 60.2 Å². The third kappa shape index (κ3) is 4.91. The zero-order chi connectivity index (χ0) is 20.1. The third-order valence-electron chi connectivity index (χ3n) is 6.13. The molecule has 0 unspecified atom stereocenters. The number of ether oxygens (including phenoxy) is 1. The van der Waals surface area contributed by atoms with Gasteiger partial charge in [-0.05, 0) is 49.2 Å². The van der Waals surface area contributed by atoms with Gasteiger partial charge in [0.25, 0.3) is 0 Å². The molecule has 0 radical (unpaired) electrons. The van der Waals surface area contributed by atoms with Gasteiger partial charge in [-0.25, -0.2) is 0 Å². The molecule has 2 aliphatic rings. The summed E-state index contributed by atoms with van der Waals surface area (Å²) in [6.45, 7) is 6.29. The Kier molecular flexibility index (Phi) is 6.35. The number of hydrogen-bond donors (Lipinski definition) is 0. The lowest BCUT2D eigenvalue weighted by Gasteiger charge is -2.39. The van der Waals surface area contributed by atoms with Crippen LogP contribution in [0.1, 0.15) is 18.4 Å². The summed E-state index contributed by atoms with van der Waals surface area (Å²) >= 11 is 0. The number of methoxy groups -OCH3 is 1. The maximum absolute atomic E-state index is 13.1. The number of anilines is 1. The molecule has 0 bridgehead atoms. The van der Waals surface area contributed by atoms with Crippen LogP contribution >= 0.6 is 0 Å². The average Bonchev–Trinajstić information content (AvgIpc) is 2.80. The minimum atomic E-state index is 0.139. The van der Waals surface area contributed by atoms with Crippen LogP contribution in [-0.2, 0) is 11.3 Å². The molecule has 1 atom stereocenters. The summed E-state index contributed by atoms with van der Waals surface area (Å²) in [5.41, 5.74) is 2.53. The third-order valence-corrected chi connectivity index (χ3v) is 6.13. The molecule has 2 aliphatic heterocycles. The van der Waals surface area contributed by atoms with Crippen molar-refractivity contribution in [2.24, 2.45) is 5.92 Å². The SMILES string of the molecule is COc1ccc(N2CCN(C(=O)[C@H]3CCCN(Cc4ccccc4)C3)CC2)cc1. The molecule has 4 rings (SSSR count). The van der Waals surface area contributed by atoms with Crippen molar-refractivity contribution >= 4 is 11.6 Å². The lowest BCUT2D eigenvalue weighted by molar-refractivity contribution is -0.137. The van der Waals surface area contributed by atoms with E-state index in [0.717, 1.165) is 64.4 Å². The molecule has 2 fully saturated rings. The monoisotopic (exact) mass is 393 g/mol. The van der Waals surface area contributed by atoms with Crippen molar-refractivity contribution in [2.75, 3.05) is 51.3 Å². The number of likely N-dealkylation sites (tertiary alicyclic amines) is 1. The van der Waals surface area contributed by atoms with Gasteiger partial charge in [-0.15, -0.1) is 0 Å². The van der Waals surface area contributed by atoms with E-state index < -0.39 is 0 Å². The minimum Gasteiger partial charge on any atom is -0.497 e. The normalized spacial score (nSPS) is 20.5. The second-order valence-corrected chi connectivity index (χ2v) is 8.07. The highest BCUT2D eigenvalue weighted by molar-refractivity contribution is 5.79. The Morgan fingerprint density at radius 3 is 2.38 bits per heavy atom. The van der Waals surface area contributed by atoms with Gasteiger partial charge in [-0.2, -0.15) is 0 Å². The molecule has 0 aliphatic carbocycles. The van der Waals surface area contributed by atoms with Crippen LogP contribution in [-0.4, -0.2) is 62.1 Å². The molecule has 2 saturated heterocycles. The first-order chi connectivity index (χ1) is 14.2. The van der Waals surface area contributed by atoms with E-state index in [1.807, 2.05) is 12.1 Å². The van der Waals surface area contributed by atoms with Gasteiger partial charge in [0, 0.05) is 45.0 Å². The topological polar surface area (TPSA) is 36.0 Å². The summed E-state index contributed by atoms with van der Waals surface area (Å²) in [5, 5.41) is 0. The number of hydrogen-bond acceptors (Lipinski definition) is 4. The standard InChI is InChI=1S/C24H31N3O2/c1-29-23-11-9-22(10-12-23)26-14-16-27(17-15-26)24(28)21-8-5-13-25(19-21)18-20-6-3-2-4-7-20/h2-4,6-7,9-12,21H,5,8,13-19H2,1H3/t21-/m0/s1. The van der Waals surface area contributed by atoms with Crippen LogP contribution in [0.4, 0.5) is 5.69 Å². The van der Waals surface area contributed by atoms with Crippen molar-refractivity contribution in [3.63, 3.8) is 0 Å². The van der Waals surface area contributed by atoms with Crippen molar-refractivity contribution in [1.29, 1.82) is 0 Å². The van der Waals surface area contributed by atoms with Gasteiger partial charge < -0.3 is 14.5 Å². The average molecular weight is 394 g/mol. The quantitative estimate of drug-likeness (QED) is 0.781. The van der Waals surface area contributed by atoms with Gasteiger partial charge in [0.05, 0.1) is 13.0 Å². The summed E-state index contributed by atoms with van der Waals surface area (Å²) in [6, 6.07) is 18.8. The Morgan fingerprint density at radius 1 is 0.966 bits per heavy atom. The molecule has 0 spiro atoms. The summed E-state index contributed by atoms with van der Waals surface area (Å²) in [4.78, 5) is 20.0. The van der Waals surface area contributed by atoms with Crippen LogP contribution in [0.2, 0.25) is 0 Å². The molecule has 0 saturated carbocycles.